The Balaban J connectivity index is 2.92. The standard InChI is InChI=1S/C21H32N4O6/c1-11(2)16(24-20(29)17(13(4)26)25-18(27)12(3)22)19(28)23-15(21(30)31)10-14-8-6-5-7-9-14/h5-9,11-13,15-17,26H,10,22H2,1-4H3,(H,23,28)(H,24,29)(H,25,27)(H,30,31). The van der Waals surface area contributed by atoms with Crippen molar-refractivity contribution in [1.82, 2.24) is 16.0 Å². The maximum absolute atomic E-state index is 12.8. The van der Waals surface area contributed by atoms with Gasteiger partial charge in [0.25, 0.3) is 0 Å². The zero-order chi connectivity index (χ0) is 23.7. The van der Waals surface area contributed by atoms with E-state index in [1.165, 1.54) is 13.8 Å². The quantitative estimate of drug-likeness (QED) is 0.262. The minimum absolute atomic E-state index is 0.0709. The number of hydrogen-bond acceptors (Lipinski definition) is 6. The molecule has 31 heavy (non-hydrogen) atoms. The third-order valence-electron chi connectivity index (χ3n) is 4.62. The fourth-order valence-electron chi connectivity index (χ4n) is 2.78. The predicted molar refractivity (Wildman–Crippen MR) is 114 cm³/mol. The average Bonchev–Trinajstić information content (AvgIpc) is 2.69. The normalized spacial score (nSPS) is 15.8. The molecule has 0 spiro atoms. The number of carboxylic acid groups (broad SMARTS) is 1. The third-order valence-corrected chi connectivity index (χ3v) is 4.62. The molecule has 0 fully saturated rings. The van der Waals surface area contributed by atoms with Gasteiger partial charge in [0, 0.05) is 6.42 Å². The number of aliphatic carboxylic acids is 1. The minimum atomic E-state index is -1.33. The summed E-state index contributed by atoms with van der Waals surface area (Å²) in [6.45, 7) is 6.09. The molecule has 3 amide bonds. The summed E-state index contributed by atoms with van der Waals surface area (Å²) in [5.41, 5.74) is 6.21. The maximum Gasteiger partial charge on any atom is 0.326 e. The monoisotopic (exact) mass is 436 g/mol. The zero-order valence-corrected chi connectivity index (χ0v) is 18.2. The maximum atomic E-state index is 12.8. The first kappa shape index (κ1) is 26.1. The van der Waals surface area contributed by atoms with Gasteiger partial charge in [-0.25, -0.2) is 4.79 Å². The summed E-state index contributed by atoms with van der Waals surface area (Å²) in [5, 5.41) is 26.7. The van der Waals surface area contributed by atoms with Crippen molar-refractivity contribution < 1.29 is 29.4 Å². The van der Waals surface area contributed by atoms with Crippen LogP contribution in [0.15, 0.2) is 30.3 Å². The van der Waals surface area contributed by atoms with Crippen molar-refractivity contribution in [3.05, 3.63) is 35.9 Å². The van der Waals surface area contributed by atoms with Crippen molar-refractivity contribution in [3.8, 4) is 0 Å². The lowest BCUT2D eigenvalue weighted by atomic mass is 10.0. The molecule has 10 nitrogen and oxygen atoms in total. The smallest absolute Gasteiger partial charge is 0.326 e. The first-order valence-electron chi connectivity index (χ1n) is 10.1. The third kappa shape index (κ3) is 8.35. The van der Waals surface area contributed by atoms with Crippen molar-refractivity contribution in [2.24, 2.45) is 11.7 Å². The van der Waals surface area contributed by atoms with E-state index in [2.05, 4.69) is 16.0 Å². The molecular formula is C21H32N4O6. The summed E-state index contributed by atoms with van der Waals surface area (Å²) < 4.78 is 0. The van der Waals surface area contributed by atoms with Crippen molar-refractivity contribution in [3.63, 3.8) is 0 Å². The second kappa shape index (κ2) is 12.0. The van der Waals surface area contributed by atoms with Gasteiger partial charge in [0.2, 0.25) is 17.7 Å². The number of benzene rings is 1. The van der Waals surface area contributed by atoms with Gasteiger partial charge >= 0.3 is 5.97 Å². The van der Waals surface area contributed by atoms with Crippen LogP contribution in [-0.2, 0) is 25.6 Å². The molecule has 0 aliphatic rings. The second-order valence-electron chi connectivity index (χ2n) is 7.83. The van der Waals surface area contributed by atoms with E-state index >= 15 is 0 Å². The van der Waals surface area contributed by atoms with Crippen LogP contribution >= 0.6 is 0 Å². The topological polar surface area (TPSA) is 171 Å². The Morgan fingerprint density at radius 1 is 0.871 bits per heavy atom. The summed E-state index contributed by atoms with van der Waals surface area (Å²) in [5.74, 6) is -3.71. The van der Waals surface area contributed by atoms with Crippen LogP contribution in [0.2, 0.25) is 0 Å². The van der Waals surface area contributed by atoms with Gasteiger partial charge in [-0.1, -0.05) is 44.2 Å². The Morgan fingerprint density at radius 2 is 1.39 bits per heavy atom. The van der Waals surface area contributed by atoms with Gasteiger partial charge < -0.3 is 31.9 Å². The Kier molecular flexibility index (Phi) is 10.1. The van der Waals surface area contributed by atoms with Crippen molar-refractivity contribution >= 4 is 23.7 Å². The molecule has 0 heterocycles. The molecule has 0 aromatic heterocycles. The van der Waals surface area contributed by atoms with Gasteiger partial charge in [0.1, 0.15) is 18.1 Å². The van der Waals surface area contributed by atoms with Gasteiger partial charge in [0.15, 0.2) is 0 Å². The fourth-order valence-corrected chi connectivity index (χ4v) is 2.78. The van der Waals surface area contributed by atoms with E-state index in [4.69, 9.17) is 5.73 Å². The molecule has 5 atom stereocenters. The zero-order valence-electron chi connectivity index (χ0n) is 18.2. The number of amides is 3. The Labute approximate surface area is 181 Å². The van der Waals surface area contributed by atoms with Crippen LogP contribution in [0.1, 0.15) is 33.3 Å². The fraction of sp³-hybridized carbons (Fsp3) is 0.524. The van der Waals surface area contributed by atoms with Crippen LogP contribution in [0.5, 0.6) is 0 Å². The molecular weight excluding hydrogens is 404 g/mol. The highest BCUT2D eigenvalue weighted by Gasteiger charge is 2.33. The highest BCUT2D eigenvalue weighted by atomic mass is 16.4. The van der Waals surface area contributed by atoms with Crippen LogP contribution < -0.4 is 21.7 Å². The molecule has 172 valence electrons. The van der Waals surface area contributed by atoms with Crippen LogP contribution in [0.25, 0.3) is 0 Å². The van der Waals surface area contributed by atoms with Gasteiger partial charge in [0.05, 0.1) is 12.1 Å². The summed E-state index contributed by atoms with van der Waals surface area (Å²) in [6.07, 6.45) is -1.18. The molecule has 1 aromatic carbocycles. The number of nitrogens with one attached hydrogen (secondary N) is 3. The lowest BCUT2D eigenvalue weighted by Crippen LogP contribution is -2.60. The molecule has 0 aliphatic carbocycles. The SMILES string of the molecule is CC(N)C(=O)NC(C(=O)NC(C(=O)NC(Cc1ccccc1)C(=O)O)C(C)C)C(C)O. The molecule has 5 unspecified atom stereocenters. The second-order valence-corrected chi connectivity index (χ2v) is 7.83. The first-order chi connectivity index (χ1) is 14.4. The molecule has 1 rings (SSSR count). The molecule has 0 saturated carbocycles. The number of carbonyl (C=O) groups is 4. The molecule has 7 N–H and O–H groups in total. The first-order valence-corrected chi connectivity index (χ1v) is 10.1. The van der Waals surface area contributed by atoms with Gasteiger partial charge in [-0.05, 0) is 25.3 Å². The van der Waals surface area contributed by atoms with Gasteiger partial charge in [-0.3, -0.25) is 14.4 Å². The number of rotatable bonds is 11. The highest BCUT2D eigenvalue weighted by molar-refractivity contribution is 5.94. The highest BCUT2D eigenvalue weighted by Crippen LogP contribution is 2.08. The van der Waals surface area contributed by atoms with E-state index in [1.807, 2.05) is 0 Å². The molecule has 0 aliphatic heterocycles. The molecule has 0 saturated heterocycles. The van der Waals surface area contributed by atoms with Crippen molar-refractivity contribution in [2.45, 2.75) is 64.4 Å². The molecule has 10 heteroatoms. The number of aliphatic hydroxyl groups is 1. The Bertz CT molecular complexity index is 766. The summed E-state index contributed by atoms with van der Waals surface area (Å²) in [4.78, 5) is 48.9. The summed E-state index contributed by atoms with van der Waals surface area (Å²) in [6, 6.07) is 4.32. The Morgan fingerprint density at radius 3 is 1.84 bits per heavy atom. The molecule has 1 aromatic rings. The number of aliphatic hydroxyl groups excluding tert-OH is 1. The van der Waals surface area contributed by atoms with Crippen LogP contribution in [-0.4, -0.2) is 64.2 Å². The largest absolute Gasteiger partial charge is 0.480 e. The predicted octanol–water partition coefficient (Wildman–Crippen LogP) is -0.848. The van der Waals surface area contributed by atoms with Crippen molar-refractivity contribution in [2.75, 3.05) is 0 Å². The lowest BCUT2D eigenvalue weighted by molar-refractivity contribution is -0.142. The number of nitrogens with two attached hydrogens (primary N) is 1. The van der Waals surface area contributed by atoms with E-state index in [9.17, 15) is 29.4 Å². The summed E-state index contributed by atoms with van der Waals surface area (Å²) >= 11 is 0. The Hall–Kier alpha value is -2.98. The van der Waals surface area contributed by atoms with Crippen LogP contribution in [0.4, 0.5) is 0 Å². The molecule has 0 radical (unpaired) electrons. The lowest BCUT2D eigenvalue weighted by Gasteiger charge is -2.28. The number of hydrogen-bond donors (Lipinski definition) is 6. The van der Waals surface area contributed by atoms with Crippen molar-refractivity contribution in [1.29, 1.82) is 0 Å². The van der Waals surface area contributed by atoms with Gasteiger partial charge in [-0.15, -0.1) is 0 Å². The number of carbonyl (C=O) groups excluding carboxylic acids is 3. The number of carboxylic acids is 1. The van der Waals surface area contributed by atoms with E-state index < -0.39 is 59.9 Å². The van der Waals surface area contributed by atoms with E-state index in [0.29, 0.717) is 0 Å². The van der Waals surface area contributed by atoms with E-state index in [1.54, 1.807) is 44.2 Å². The van der Waals surface area contributed by atoms with E-state index in [0.717, 1.165) is 5.56 Å². The minimum Gasteiger partial charge on any atom is -0.480 e. The average molecular weight is 437 g/mol. The van der Waals surface area contributed by atoms with Crippen LogP contribution in [0, 0.1) is 5.92 Å². The van der Waals surface area contributed by atoms with Crippen LogP contribution in [0.3, 0.4) is 0 Å². The summed E-state index contributed by atoms with van der Waals surface area (Å²) in [7, 11) is 0. The van der Waals surface area contributed by atoms with E-state index in [-0.39, 0.29) is 6.42 Å². The van der Waals surface area contributed by atoms with Gasteiger partial charge in [-0.2, -0.15) is 0 Å². The molecule has 0 bridgehead atoms.